The topological polar surface area (TPSA) is 78.8 Å². The second-order valence-electron chi connectivity index (χ2n) is 8.46. The Balaban J connectivity index is 1.36. The molecule has 0 bridgehead atoms. The molecule has 0 atom stereocenters. The molecule has 3 heterocycles. The Hall–Kier alpha value is -3.13. The third kappa shape index (κ3) is 4.80. The van der Waals surface area contributed by atoms with Crippen molar-refractivity contribution in [2.75, 3.05) is 26.2 Å². The maximum absolute atomic E-state index is 13.2. The van der Waals surface area contributed by atoms with Crippen molar-refractivity contribution in [3.8, 4) is 0 Å². The second kappa shape index (κ2) is 9.79. The molecule has 1 aromatic carbocycles. The van der Waals surface area contributed by atoms with Crippen LogP contribution in [0.25, 0.3) is 6.08 Å². The number of benzene rings is 1. The van der Waals surface area contributed by atoms with E-state index in [1.54, 1.807) is 39.8 Å². The van der Waals surface area contributed by atoms with Crippen LogP contribution in [-0.2, 0) is 16.6 Å². The lowest BCUT2D eigenvalue weighted by Gasteiger charge is -2.35. The van der Waals surface area contributed by atoms with Crippen LogP contribution in [0.2, 0.25) is 5.15 Å². The van der Waals surface area contributed by atoms with Gasteiger partial charge in [-0.3, -0.25) is 24.1 Å². The van der Waals surface area contributed by atoms with Gasteiger partial charge in [0.2, 0.25) is 5.91 Å². The Kier molecular flexibility index (Phi) is 6.83. The molecule has 0 aliphatic carbocycles. The minimum Gasteiger partial charge on any atom is -0.339 e. The van der Waals surface area contributed by atoms with Crippen molar-refractivity contribution >= 4 is 35.4 Å². The number of amides is 3. The molecule has 2 saturated heterocycles. The van der Waals surface area contributed by atoms with E-state index in [4.69, 9.17) is 11.6 Å². The predicted octanol–water partition coefficient (Wildman–Crippen LogP) is 2.92. The first kappa shape index (κ1) is 23.0. The lowest BCUT2D eigenvalue weighted by atomic mass is 9.95. The van der Waals surface area contributed by atoms with E-state index in [9.17, 15) is 14.4 Å². The molecule has 2 aliphatic rings. The third-order valence-corrected chi connectivity index (χ3v) is 6.73. The van der Waals surface area contributed by atoms with Crippen LogP contribution in [0.4, 0.5) is 0 Å². The van der Waals surface area contributed by atoms with E-state index in [1.807, 2.05) is 25.1 Å². The molecular weight excluding hydrogens is 442 g/mol. The fourth-order valence-corrected chi connectivity index (χ4v) is 4.69. The van der Waals surface area contributed by atoms with Gasteiger partial charge in [0.15, 0.2) is 0 Å². The minimum atomic E-state index is -0.253. The SMILES string of the molecule is Cc1nn(C)c(Cl)c1/C=C/C(=O)N1CCCN1C(=O)C1CCN(C(=O)c2ccccc2)CC1. The molecule has 0 saturated carbocycles. The van der Waals surface area contributed by atoms with Crippen LogP contribution in [0.1, 0.15) is 40.9 Å². The van der Waals surface area contributed by atoms with Gasteiger partial charge in [-0.2, -0.15) is 5.10 Å². The van der Waals surface area contributed by atoms with Crippen LogP contribution in [-0.4, -0.2) is 68.6 Å². The second-order valence-corrected chi connectivity index (χ2v) is 8.81. The standard InChI is InChI=1S/C24H28ClN5O3/c1-17-20(22(25)27(2)26-17)9-10-21(31)29-13-6-14-30(29)24(33)19-11-15-28(16-12-19)23(32)18-7-4-3-5-8-18/h3-5,7-10,19H,6,11-16H2,1-2H3/b10-9+. The molecule has 33 heavy (non-hydrogen) atoms. The molecule has 4 rings (SSSR count). The fraction of sp³-hybridized carbons (Fsp3) is 0.417. The van der Waals surface area contributed by atoms with E-state index in [-0.39, 0.29) is 23.6 Å². The zero-order valence-corrected chi connectivity index (χ0v) is 19.7. The maximum atomic E-state index is 13.2. The number of aromatic nitrogens is 2. The summed E-state index contributed by atoms with van der Waals surface area (Å²) in [6.07, 6.45) is 5.03. The van der Waals surface area contributed by atoms with Gasteiger partial charge in [-0.1, -0.05) is 29.8 Å². The number of hydrazine groups is 1. The predicted molar refractivity (Wildman–Crippen MR) is 125 cm³/mol. The number of carbonyl (C=O) groups is 3. The van der Waals surface area contributed by atoms with E-state index >= 15 is 0 Å². The number of hydrogen-bond donors (Lipinski definition) is 0. The summed E-state index contributed by atoms with van der Waals surface area (Å²) < 4.78 is 1.56. The largest absolute Gasteiger partial charge is 0.339 e. The summed E-state index contributed by atoms with van der Waals surface area (Å²) in [6.45, 7) is 3.92. The van der Waals surface area contributed by atoms with Crippen LogP contribution in [0.3, 0.4) is 0 Å². The molecule has 9 heteroatoms. The summed E-state index contributed by atoms with van der Waals surface area (Å²) in [5, 5.41) is 7.79. The summed E-state index contributed by atoms with van der Waals surface area (Å²) >= 11 is 6.24. The highest BCUT2D eigenvalue weighted by Gasteiger charge is 2.36. The van der Waals surface area contributed by atoms with Gasteiger partial charge >= 0.3 is 0 Å². The number of carbonyl (C=O) groups excluding carboxylic acids is 3. The number of hydrogen-bond acceptors (Lipinski definition) is 4. The van der Waals surface area contributed by atoms with Crippen molar-refractivity contribution in [3.05, 3.63) is 58.4 Å². The zero-order chi connectivity index (χ0) is 23.5. The van der Waals surface area contributed by atoms with Crippen LogP contribution in [0.5, 0.6) is 0 Å². The van der Waals surface area contributed by atoms with E-state index in [1.165, 1.54) is 11.1 Å². The van der Waals surface area contributed by atoms with Crippen LogP contribution in [0.15, 0.2) is 36.4 Å². The van der Waals surface area contributed by atoms with Crippen molar-refractivity contribution in [2.45, 2.75) is 26.2 Å². The monoisotopic (exact) mass is 469 g/mol. The van der Waals surface area contributed by atoms with Gasteiger partial charge in [0.25, 0.3) is 11.8 Å². The summed E-state index contributed by atoms with van der Waals surface area (Å²) in [5.41, 5.74) is 2.09. The van der Waals surface area contributed by atoms with Gasteiger partial charge in [-0.25, -0.2) is 5.01 Å². The van der Waals surface area contributed by atoms with E-state index in [2.05, 4.69) is 5.10 Å². The van der Waals surface area contributed by atoms with Crippen LogP contribution >= 0.6 is 11.6 Å². The Morgan fingerprint density at radius 2 is 1.70 bits per heavy atom. The Morgan fingerprint density at radius 1 is 1.03 bits per heavy atom. The Morgan fingerprint density at radius 3 is 2.33 bits per heavy atom. The fourth-order valence-electron chi connectivity index (χ4n) is 4.45. The van der Waals surface area contributed by atoms with Crippen molar-refractivity contribution < 1.29 is 14.4 Å². The van der Waals surface area contributed by atoms with Crippen molar-refractivity contribution in [2.24, 2.45) is 13.0 Å². The van der Waals surface area contributed by atoms with Gasteiger partial charge in [0.05, 0.1) is 5.69 Å². The van der Waals surface area contributed by atoms with Gasteiger partial charge in [-0.15, -0.1) is 0 Å². The molecule has 8 nitrogen and oxygen atoms in total. The molecular formula is C24H28ClN5O3. The number of aryl methyl sites for hydroxylation is 2. The lowest BCUT2D eigenvalue weighted by molar-refractivity contribution is -0.158. The summed E-state index contributed by atoms with van der Waals surface area (Å²) in [5.74, 6) is -0.500. The van der Waals surface area contributed by atoms with Crippen molar-refractivity contribution in [3.63, 3.8) is 0 Å². The van der Waals surface area contributed by atoms with Gasteiger partial charge in [-0.05, 0) is 44.4 Å². The normalized spacial score (nSPS) is 17.2. The molecule has 1 aromatic heterocycles. The number of halogens is 1. The summed E-state index contributed by atoms with van der Waals surface area (Å²) in [7, 11) is 1.74. The maximum Gasteiger partial charge on any atom is 0.265 e. The average Bonchev–Trinajstić information content (AvgIpc) is 3.42. The van der Waals surface area contributed by atoms with E-state index in [0.717, 1.165) is 12.1 Å². The average molecular weight is 470 g/mol. The zero-order valence-electron chi connectivity index (χ0n) is 18.9. The van der Waals surface area contributed by atoms with Gasteiger partial charge in [0, 0.05) is 56.3 Å². The molecule has 174 valence electrons. The molecule has 2 aliphatic heterocycles. The smallest absolute Gasteiger partial charge is 0.265 e. The lowest BCUT2D eigenvalue weighted by Crippen LogP contribution is -2.49. The molecule has 0 radical (unpaired) electrons. The summed E-state index contributed by atoms with van der Waals surface area (Å²) in [4.78, 5) is 40.6. The highest BCUT2D eigenvalue weighted by atomic mass is 35.5. The summed E-state index contributed by atoms with van der Waals surface area (Å²) in [6, 6.07) is 9.19. The molecule has 0 unspecified atom stereocenters. The molecule has 2 fully saturated rings. The van der Waals surface area contributed by atoms with Gasteiger partial charge in [0.1, 0.15) is 5.15 Å². The Labute approximate surface area is 198 Å². The third-order valence-electron chi connectivity index (χ3n) is 6.28. The minimum absolute atomic E-state index is 0.00558. The van der Waals surface area contributed by atoms with Gasteiger partial charge < -0.3 is 4.90 Å². The highest BCUT2D eigenvalue weighted by Crippen LogP contribution is 2.25. The Bertz CT molecular complexity index is 1070. The number of piperidine rings is 1. The molecule has 2 aromatic rings. The number of nitrogens with zero attached hydrogens (tertiary/aromatic N) is 5. The number of rotatable bonds is 4. The van der Waals surface area contributed by atoms with E-state index in [0.29, 0.717) is 55.3 Å². The molecule has 0 spiro atoms. The first-order valence-corrected chi connectivity index (χ1v) is 11.6. The van der Waals surface area contributed by atoms with Crippen molar-refractivity contribution in [1.82, 2.24) is 24.7 Å². The van der Waals surface area contributed by atoms with Crippen LogP contribution < -0.4 is 0 Å². The first-order chi connectivity index (χ1) is 15.9. The first-order valence-electron chi connectivity index (χ1n) is 11.2. The van der Waals surface area contributed by atoms with Crippen molar-refractivity contribution in [1.29, 1.82) is 0 Å². The molecule has 0 N–H and O–H groups in total. The quantitative estimate of drug-likeness (QED) is 0.645. The number of likely N-dealkylation sites (tertiary alicyclic amines) is 1. The van der Waals surface area contributed by atoms with Crippen LogP contribution in [0, 0.1) is 12.8 Å². The molecule has 3 amide bonds. The van der Waals surface area contributed by atoms with E-state index < -0.39 is 0 Å². The highest BCUT2D eigenvalue weighted by molar-refractivity contribution is 6.31.